The molecular formula is C7H13BrN2O2. The molecule has 70 valence electrons. The predicted molar refractivity (Wildman–Crippen MR) is 50.2 cm³/mol. The van der Waals surface area contributed by atoms with Crippen LogP contribution in [0.15, 0.2) is 0 Å². The van der Waals surface area contributed by atoms with Gasteiger partial charge in [-0.2, -0.15) is 0 Å². The highest BCUT2D eigenvalue weighted by Gasteiger charge is 2.06. The first kappa shape index (κ1) is 11.4. The van der Waals surface area contributed by atoms with Gasteiger partial charge >= 0.3 is 6.03 Å². The van der Waals surface area contributed by atoms with E-state index in [9.17, 15) is 9.59 Å². The molecule has 0 aromatic heterocycles. The van der Waals surface area contributed by atoms with Crippen molar-refractivity contribution in [3.63, 3.8) is 0 Å². The molecule has 0 aliphatic heterocycles. The fraction of sp³-hybridized carbons (Fsp3) is 0.714. The lowest BCUT2D eigenvalue weighted by Gasteiger charge is -2.08. The lowest BCUT2D eigenvalue weighted by atomic mass is 10.4. The monoisotopic (exact) mass is 236 g/mol. The Morgan fingerprint density at radius 3 is 2.42 bits per heavy atom. The Morgan fingerprint density at radius 1 is 1.42 bits per heavy atom. The third kappa shape index (κ3) is 6.15. The van der Waals surface area contributed by atoms with Crippen molar-refractivity contribution in [2.45, 2.75) is 26.3 Å². The van der Waals surface area contributed by atoms with Crippen LogP contribution in [0.2, 0.25) is 0 Å². The average Bonchev–Trinajstić information content (AvgIpc) is 1.84. The predicted octanol–water partition coefficient (Wildman–Crippen LogP) is 1.01. The summed E-state index contributed by atoms with van der Waals surface area (Å²) in [5.41, 5.74) is 0. The number of carbonyl (C=O) groups excluding carboxylic acids is 2. The van der Waals surface area contributed by atoms with Crippen molar-refractivity contribution < 1.29 is 9.59 Å². The third-order valence-electron chi connectivity index (χ3n) is 0.994. The van der Waals surface area contributed by atoms with Crippen LogP contribution in [0.1, 0.15) is 20.3 Å². The van der Waals surface area contributed by atoms with E-state index in [0.29, 0.717) is 11.8 Å². The second-order valence-electron chi connectivity index (χ2n) is 2.62. The number of imide groups is 1. The Balaban J connectivity index is 3.62. The van der Waals surface area contributed by atoms with E-state index in [-0.39, 0.29) is 11.9 Å². The molecule has 3 amide bonds. The van der Waals surface area contributed by atoms with Crippen molar-refractivity contribution in [2.24, 2.45) is 0 Å². The molecule has 0 bridgehead atoms. The highest BCUT2D eigenvalue weighted by atomic mass is 79.9. The van der Waals surface area contributed by atoms with E-state index in [4.69, 9.17) is 0 Å². The van der Waals surface area contributed by atoms with Crippen LogP contribution in [0.3, 0.4) is 0 Å². The third-order valence-corrected chi connectivity index (χ3v) is 1.39. The molecule has 0 rings (SSSR count). The smallest absolute Gasteiger partial charge is 0.321 e. The van der Waals surface area contributed by atoms with E-state index in [1.165, 1.54) is 0 Å². The molecule has 0 radical (unpaired) electrons. The van der Waals surface area contributed by atoms with Crippen LogP contribution >= 0.6 is 15.9 Å². The molecule has 0 fully saturated rings. The maximum absolute atomic E-state index is 10.9. The fourth-order valence-electron chi connectivity index (χ4n) is 0.573. The lowest BCUT2D eigenvalue weighted by Crippen LogP contribution is -2.42. The van der Waals surface area contributed by atoms with E-state index in [2.05, 4.69) is 26.6 Å². The molecule has 0 spiro atoms. The highest BCUT2D eigenvalue weighted by Crippen LogP contribution is 1.86. The summed E-state index contributed by atoms with van der Waals surface area (Å²) in [7, 11) is 0. The van der Waals surface area contributed by atoms with Crippen LogP contribution in [0.25, 0.3) is 0 Å². The maximum atomic E-state index is 10.9. The van der Waals surface area contributed by atoms with Gasteiger partial charge in [0.25, 0.3) is 0 Å². The van der Waals surface area contributed by atoms with Crippen molar-refractivity contribution >= 4 is 27.9 Å². The van der Waals surface area contributed by atoms with E-state index >= 15 is 0 Å². The Morgan fingerprint density at radius 2 is 2.00 bits per heavy atom. The van der Waals surface area contributed by atoms with Gasteiger partial charge in [0.15, 0.2) is 0 Å². The van der Waals surface area contributed by atoms with Crippen LogP contribution in [0.4, 0.5) is 4.79 Å². The summed E-state index contributed by atoms with van der Waals surface area (Å²) in [6.45, 7) is 3.66. The molecule has 0 aromatic rings. The zero-order chi connectivity index (χ0) is 9.56. The molecule has 0 atom stereocenters. The first-order valence-electron chi connectivity index (χ1n) is 3.72. The standard InChI is InChI=1S/C7H13BrN2O2/c1-5(2)9-7(12)10-6(11)3-4-8/h5H,3-4H2,1-2H3,(H2,9,10,11,12). The first-order valence-corrected chi connectivity index (χ1v) is 4.84. The van der Waals surface area contributed by atoms with Gasteiger partial charge in [0.05, 0.1) is 0 Å². The molecule has 0 saturated heterocycles. The minimum atomic E-state index is -0.434. The quantitative estimate of drug-likeness (QED) is 0.719. The summed E-state index contributed by atoms with van der Waals surface area (Å²) in [5.74, 6) is -0.273. The molecule has 12 heavy (non-hydrogen) atoms. The van der Waals surface area contributed by atoms with Crippen molar-refractivity contribution in [1.29, 1.82) is 0 Å². The van der Waals surface area contributed by atoms with Crippen molar-refractivity contribution in [3.05, 3.63) is 0 Å². The van der Waals surface area contributed by atoms with Crippen LogP contribution in [0.5, 0.6) is 0 Å². The number of carbonyl (C=O) groups is 2. The summed E-state index contributed by atoms with van der Waals surface area (Å²) >= 11 is 3.10. The molecule has 0 aromatic carbocycles. The van der Waals surface area contributed by atoms with Gasteiger partial charge in [-0.25, -0.2) is 4.79 Å². The van der Waals surface area contributed by atoms with Crippen LogP contribution < -0.4 is 10.6 Å². The number of hydrogen-bond acceptors (Lipinski definition) is 2. The SMILES string of the molecule is CC(C)NC(=O)NC(=O)CCBr. The number of rotatable bonds is 3. The van der Waals surface area contributed by atoms with Gasteiger partial charge in [-0.05, 0) is 13.8 Å². The summed E-state index contributed by atoms with van der Waals surface area (Å²) < 4.78 is 0. The summed E-state index contributed by atoms with van der Waals surface area (Å²) in [6, 6.07) is -0.391. The number of nitrogens with one attached hydrogen (secondary N) is 2. The van der Waals surface area contributed by atoms with E-state index in [1.54, 1.807) is 0 Å². The summed E-state index contributed by atoms with van der Waals surface area (Å²) in [5, 5.41) is 5.30. The van der Waals surface area contributed by atoms with Crippen molar-refractivity contribution in [2.75, 3.05) is 5.33 Å². The minimum absolute atomic E-state index is 0.0433. The molecule has 0 unspecified atom stereocenters. The Labute approximate surface area is 80.2 Å². The van der Waals surface area contributed by atoms with Gasteiger partial charge in [0.1, 0.15) is 0 Å². The normalized spacial score (nSPS) is 9.67. The second-order valence-corrected chi connectivity index (χ2v) is 3.41. The fourth-order valence-corrected chi connectivity index (χ4v) is 0.933. The van der Waals surface area contributed by atoms with Gasteiger partial charge < -0.3 is 5.32 Å². The number of alkyl halides is 1. The Bertz CT molecular complexity index is 171. The number of hydrogen-bond donors (Lipinski definition) is 2. The van der Waals surface area contributed by atoms with E-state index < -0.39 is 6.03 Å². The van der Waals surface area contributed by atoms with Gasteiger partial charge in [-0.3, -0.25) is 10.1 Å². The minimum Gasteiger partial charge on any atom is -0.336 e. The maximum Gasteiger partial charge on any atom is 0.321 e. The molecular weight excluding hydrogens is 224 g/mol. The van der Waals surface area contributed by atoms with Crippen molar-refractivity contribution in [1.82, 2.24) is 10.6 Å². The first-order chi connectivity index (χ1) is 5.56. The number of halogens is 1. The largest absolute Gasteiger partial charge is 0.336 e. The molecule has 5 heteroatoms. The second kappa shape index (κ2) is 5.99. The van der Waals surface area contributed by atoms with Crippen LogP contribution in [0, 0.1) is 0 Å². The number of urea groups is 1. The molecule has 4 nitrogen and oxygen atoms in total. The zero-order valence-corrected chi connectivity index (χ0v) is 8.77. The summed E-state index contributed by atoms with van der Waals surface area (Å²) in [6.07, 6.45) is 0.311. The van der Waals surface area contributed by atoms with Crippen LogP contribution in [-0.4, -0.2) is 23.3 Å². The lowest BCUT2D eigenvalue weighted by molar-refractivity contribution is -0.119. The Kier molecular flexibility index (Phi) is 5.70. The van der Waals surface area contributed by atoms with Gasteiger partial charge in [-0.1, -0.05) is 15.9 Å². The van der Waals surface area contributed by atoms with Gasteiger partial charge in [0, 0.05) is 17.8 Å². The molecule has 0 aliphatic rings. The van der Waals surface area contributed by atoms with E-state index in [0.717, 1.165) is 0 Å². The number of amides is 3. The molecule has 0 aliphatic carbocycles. The van der Waals surface area contributed by atoms with Crippen molar-refractivity contribution in [3.8, 4) is 0 Å². The molecule has 0 heterocycles. The summed E-state index contributed by atoms with van der Waals surface area (Å²) in [4.78, 5) is 21.7. The average molecular weight is 237 g/mol. The van der Waals surface area contributed by atoms with Gasteiger partial charge in [0.2, 0.25) is 5.91 Å². The van der Waals surface area contributed by atoms with Crippen LogP contribution in [-0.2, 0) is 4.79 Å². The van der Waals surface area contributed by atoms with Gasteiger partial charge in [-0.15, -0.1) is 0 Å². The molecule has 0 saturated carbocycles. The zero-order valence-electron chi connectivity index (χ0n) is 7.19. The molecule has 2 N–H and O–H groups in total. The van der Waals surface area contributed by atoms with E-state index in [1.807, 2.05) is 13.8 Å². The highest BCUT2D eigenvalue weighted by molar-refractivity contribution is 9.09. The topological polar surface area (TPSA) is 58.2 Å². The Hall–Kier alpha value is -0.580.